The van der Waals surface area contributed by atoms with Crippen molar-refractivity contribution in [1.29, 1.82) is 0 Å². The third-order valence-electron chi connectivity index (χ3n) is 13.8. The fraction of sp³-hybridized carbons (Fsp3) is 0.861. The first-order chi connectivity index (χ1) is 22.4. The van der Waals surface area contributed by atoms with Crippen LogP contribution in [-0.2, 0) is 47.7 Å². The number of carbonyl (C=O) groups is 5. The number of hydrogen-bond donors (Lipinski definition) is 1. The van der Waals surface area contributed by atoms with Gasteiger partial charge in [0.2, 0.25) is 6.29 Å². The highest BCUT2D eigenvalue weighted by Crippen LogP contribution is 2.62. The van der Waals surface area contributed by atoms with Crippen LogP contribution in [0, 0.1) is 71.0 Å². The van der Waals surface area contributed by atoms with E-state index in [1.807, 2.05) is 0 Å². The van der Waals surface area contributed by atoms with E-state index in [1.165, 1.54) is 0 Å². The smallest absolute Gasteiger partial charge is 0.318 e. The molecule has 13 atom stereocenters. The second-order valence-corrected chi connectivity index (χ2v) is 16.8. The quantitative estimate of drug-likeness (QED) is 0.220. The van der Waals surface area contributed by atoms with Crippen LogP contribution in [0.2, 0.25) is 0 Å². The van der Waals surface area contributed by atoms with E-state index in [0.717, 1.165) is 25.7 Å². The molecule has 1 N–H and O–H groups in total. The lowest BCUT2D eigenvalue weighted by Gasteiger charge is -2.59. The summed E-state index contributed by atoms with van der Waals surface area (Å²) in [5.74, 6) is -5.24. The normalized spacial score (nSPS) is 47.4. The highest BCUT2D eigenvalue weighted by molar-refractivity contribution is 5.98. The topological polar surface area (TPSA) is 152 Å². The van der Waals surface area contributed by atoms with E-state index in [2.05, 4.69) is 6.92 Å². The number of ether oxygens (including phenoxy) is 5. The van der Waals surface area contributed by atoms with Crippen LogP contribution in [-0.4, -0.2) is 65.7 Å². The summed E-state index contributed by atoms with van der Waals surface area (Å²) >= 11 is 0. The monoisotopic (exact) mass is 656 g/mol. The fourth-order valence-electron chi connectivity index (χ4n) is 12.2. The molecular weight excluding hydrogens is 608 g/mol. The first-order valence-corrected chi connectivity index (χ1v) is 18.1. The average molecular weight is 657 g/mol. The number of esters is 5. The summed E-state index contributed by atoms with van der Waals surface area (Å²) in [5, 5.41) is 11.3. The molecule has 258 valence electrons. The minimum atomic E-state index is -1.10. The third-order valence-corrected chi connectivity index (χ3v) is 13.8. The lowest BCUT2D eigenvalue weighted by molar-refractivity contribution is -0.224. The fourth-order valence-corrected chi connectivity index (χ4v) is 12.2. The van der Waals surface area contributed by atoms with Crippen molar-refractivity contribution in [2.24, 2.45) is 71.0 Å². The molecule has 47 heavy (non-hydrogen) atoms. The van der Waals surface area contributed by atoms with Gasteiger partial charge in [0.15, 0.2) is 0 Å². The van der Waals surface area contributed by atoms with Gasteiger partial charge in [-0.15, -0.1) is 0 Å². The number of aliphatic hydroxyl groups is 1. The Balaban J connectivity index is 1.08. The molecule has 9 rings (SSSR count). The maximum absolute atomic E-state index is 14.4. The van der Waals surface area contributed by atoms with Crippen molar-refractivity contribution >= 4 is 29.8 Å². The minimum Gasteiger partial charge on any atom is -0.465 e. The molecule has 0 radical (unpaired) electrons. The number of cyclic esters (lactones) is 3. The molecule has 9 fully saturated rings. The van der Waals surface area contributed by atoms with E-state index in [-0.39, 0.29) is 59.7 Å². The van der Waals surface area contributed by atoms with Crippen molar-refractivity contribution in [3.8, 4) is 0 Å². The van der Waals surface area contributed by atoms with Crippen LogP contribution >= 0.6 is 0 Å². The van der Waals surface area contributed by atoms with Crippen LogP contribution in [0.25, 0.3) is 0 Å². The average Bonchev–Trinajstić information content (AvgIpc) is 3.72. The van der Waals surface area contributed by atoms with Gasteiger partial charge in [0, 0.05) is 18.8 Å². The maximum atomic E-state index is 14.4. The molecule has 3 aliphatic heterocycles. The summed E-state index contributed by atoms with van der Waals surface area (Å²) < 4.78 is 28.6. The Morgan fingerprint density at radius 2 is 1.70 bits per heavy atom. The van der Waals surface area contributed by atoms with Crippen LogP contribution in [0.4, 0.5) is 0 Å². The Bertz CT molecular complexity index is 1320. The van der Waals surface area contributed by atoms with E-state index in [0.29, 0.717) is 58.2 Å². The first kappa shape index (κ1) is 31.7. The summed E-state index contributed by atoms with van der Waals surface area (Å²) in [6.07, 6.45) is 7.14. The second kappa shape index (κ2) is 11.5. The van der Waals surface area contributed by atoms with E-state index >= 15 is 0 Å². The third kappa shape index (κ3) is 5.42. The highest BCUT2D eigenvalue weighted by Gasteiger charge is 2.63. The van der Waals surface area contributed by atoms with Crippen LogP contribution in [0.15, 0.2) is 0 Å². The van der Waals surface area contributed by atoms with Crippen molar-refractivity contribution in [3.63, 3.8) is 0 Å². The molecule has 13 unspecified atom stereocenters. The van der Waals surface area contributed by atoms with Crippen LogP contribution in [0.3, 0.4) is 0 Å². The van der Waals surface area contributed by atoms with Gasteiger partial charge in [-0.3, -0.25) is 24.0 Å². The molecule has 11 nitrogen and oxygen atoms in total. The lowest BCUT2D eigenvalue weighted by Crippen LogP contribution is -2.60. The van der Waals surface area contributed by atoms with Crippen molar-refractivity contribution in [2.45, 2.75) is 108 Å². The van der Waals surface area contributed by atoms with Crippen LogP contribution < -0.4 is 0 Å². The predicted octanol–water partition coefficient (Wildman–Crippen LogP) is 3.72. The number of rotatable bonds is 9. The molecule has 0 spiro atoms. The van der Waals surface area contributed by atoms with Gasteiger partial charge in [0.05, 0.1) is 48.4 Å². The van der Waals surface area contributed by atoms with Crippen LogP contribution in [0.1, 0.15) is 90.9 Å². The number of fused-ring (bicyclic) bond motifs is 5. The molecular formula is C36H48O11. The van der Waals surface area contributed by atoms with Gasteiger partial charge in [-0.2, -0.15) is 0 Å². The number of hydrogen-bond acceptors (Lipinski definition) is 11. The van der Waals surface area contributed by atoms with Gasteiger partial charge in [-0.25, -0.2) is 0 Å². The van der Waals surface area contributed by atoms with E-state index in [9.17, 15) is 29.1 Å². The SMILES string of the molecule is CC1C(=O)OC(=O)C1C(CC(CC1C(C)C2CC1C1COC(=O)C21)C(=O)OC1CCCCO1)C(=O)OC12CC3CC(CC(O)(C3)C1)C2. The predicted molar refractivity (Wildman–Crippen MR) is 160 cm³/mol. The largest absolute Gasteiger partial charge is 0.465 e. The van der Waals surface area contributed by atoms with Gasteiger partial charge in [-0.1, -0.05) is 13.8 Å². The zero-order valence-corrected chi connectivity index (χ0v) is 27.4. The van der Waals surface area contributed by atoms with Crippen molar-refractivity contribution in [1.82, 2.24) is 0 Å². The van der Waals surface area contributed by atoms with Gasteiger partial charge in [-0.05, 0) is 99.7 Å². The van der Waals surface area contributed by atoms with Gasteiger partial charge >= 0.3 is 29.8 Å². The Kier molecular flexibility index (Phi) is 7.78. The Morgan fingerprint density at radius 3 is 2.36 bits per heavy atom. The highest BCUT2D eigenvalue weighted by atomic mass is 16.7. The molecule has 6 saturated carbocycles. The zero-order chi connectivity index (χ0) is 32.8. The summed E-state index contributed by atoms with van der Waals surface area (Å²) in [6, 6.07) is 0. The van der Waals surface area contributed by atoms with Gasteiger partial charge < -0.3 is 28.8 Å². The number of carbonyl (C=O) groups excluding carboxylic acids is 5. The van der Waals surface area contributed by atoms with Gasteiger partial charge in [0.1, 0.15) is 5.60 Å². The van der Waals surface area contributed by atoms with E-state index in [1.54, 1.807) is 6.92 Å². The summed E-state index contributed by atoms with van der Waals surface area (Å²) in [7, 11) is 0. The molecule has 9 aliphatic rings. The molecule has 6 bridgehead atoms. The summed E-state index contributed by atoms with van der Waals surface area (Å²) in [6.45, 7) is 4.63. The van der Waals surface area contributed by atoms with Crippen molar-refractivity contribution in [3.05, 3.63) is 0 Å². The Labute approximate surface area is 275 Å². The van der Waals surface area contributed by atoms with Gasteiger partial charge in [0.25, 0.3) is 0 Å². The standard InChI is InChI=1S/C36H48O11/c1-17-22(24-10-23(17)29-26(24)15-44-33(29)40)8-21(31(38)45-27-5-3-4-6-43-27)9-25(28-18(2)30(37)46-34(28)41)32(39)47-36-13-19-7-20(14-36)12-35(42,11-19)16-36/h17-29,42H,3-16H2,1-2H3. The molecule has 0 aromatic rings. The van der Waals surface area contributed by atoms with E-state index in [4.69, 9.17) is 23.7 Å². The molecule has 3 heterocycles. The Hall–Kier alpha value is -2.53. The minimum absolute atomic E-state index is 0.0287. The maximum Gasteiger partial charge on any atom is 0.318 e. The molecule has 0 amide bonds. The molecule has 0 aromatic carbocycles. The first-order valence-electron chi connectivity index (χ1n) is 18.1. The molecule has 3 saturated heterocycles. The lowest BCUT2D eigenvalue weighted by atomic mass is 9.52. The second-order valence-electron chi connectivity index (χ2n) is 16.8. The van der Waals surface area contributed by atoms with E-state index < -0.39 is 65.0 Å². The molecule has 6 aliphatic carbocycles. The molecule has 11 heteroatoms. The van der Waals surface area contributed by atoms with Crippen molar-refractivity contribution in [2.75, 3.05) is 13.2 Å². The summed E-state index contributed by atoms with van der Waals surface area (Å²) in [5.41, 5.74) is -1.68. The molecule has 0 aromatic heterocycles. The van der Waals surface area contributed by atoms with Crippen LogP contribution in [0.5, 0.6) is 0 Å². The Morgan fingerprint density at radius 1 is 0.936 bits per heavy atom. The zero-order valence-electron chi connectivity index (χ0n) is 27.4. The summed E-state index contributed by atoms with van der Waals surface area (Å²) in [4.78, 5) is 66.9. The van der Waals surface area contributed by atoms with Crippen molar-refractivity contribution < 1.29 is 52.8 Å².